The summed E-state index contributed by atoms with van der Waals surface area (Å²) in [6.45, 7) is 3.95. The van der Waals surface area contributed by atoms with E-state index in [1.807, 2.05) is 0 Å². The highest BCUT2D eigenvalue weighted by Crippen LogP contribution is 2.15. The quantitative estimate of drug-likeness (QED) is 0.472. The third-order valence-corrected chi connectivity index (χ3v) is 3.45. The molecule has 0 radical (unpaired) electrons. The van der Waals surface area contributed by atoms with Gasteiger partial charge in [0.25, 0.3) is 0 Å². The Hall–Kier alpha value is -0.120. The van der Waals surface area contributed by atoms with E-state index in [0.717, 1.165) is 12.8 Å². The zero-order valence-corrected chi connectivity index (χ0v) is 12.3. The minimum atomic E-state index is -0.639. The molecule has 0 amide bonds. The van der Waals surface area contributed by atoms with Gasteiger partial charge in [-0.3, -0.25) is 0 Å². The topological polar surface area (TPSA) is 66.5 Å². The Morgan fingerprint density at radius 1 is 1.00 bits per heavy atom. The molecule has 0 bridgehead atoms. The molecule has 0 rings (SSSR count). The van der Waals surface area contributed by atoms with Crippen LogP contribution in [-0.2, 0) is 0 Å². The maximum absolute atomic E-state index is 9.80. The lowest BCUT2D eigenvalue weighted by atomic mass is 9.94. The highest BCUT2D eigenvalue weighted by molar-refractivity contribution is 4.80. The summed E-state index contributed by atoms with van der Waals surface area (Å²) in [6, 6.07) is 0. The van der Waals surface area contributed by atoms with Crippen molar-refractivity contribution in [2.24, 2.45) is 5.73 Å². The van der Waals surface area contributed by atoms with Crippen molar-refractivity contribution in [2.75, 3.05) is 6.61 Å². The second kappa shape index (κ2) is 10.8. The summed E-state index contributed by atoms with van der Waals surface area (Å²) < 4.78 is 0. The molecular formula is C15H33NO2. The van der Waals surface area contributed by atoms with E-state index in [-0.39, 0.29) is 12.7 Å². The van der Waals surface area contributed by atoms with Crippen molar-refractivity contribution in [3.63, 3.8) is 0 Å². The highest BCUT2D eigenvalue weighted by Gasteiger charge is 2.21. The Bertz CT molecular complexity index is 183. The molecule has 0 saturated heterocycles. The first kappa shape index (κ1) is 17.9. The average molecular weight is 259 g/mol. The van der Waals surface area contributed by atoms with E-state index >= 15 is 0 Å². The number of hydrogen-bond acceptors (Lipinski definition) is 3. The van der Waals surface area contributed by atoms with Gasteiger partial charge in [-0.25, -0.2) is 0 Å². The first-order chi connectivity index (χ1) is 8.52. The fourth-order valence-electron chi connectivity index (χ4n) is 2.22. The number of aliphatic hydroxyl groups is 2. The van der Waals surface area contributed by atoms with E-state index in [9.17, 15) is 5.11 Å². The lowest BCUT2D eigenvalue weighted by molar-refractivity contribution is 0.0979. The fourth-order valence-corrected chi connectivity index (χ4v) is 2.22. The second-order valence-corrected chi connectivity index (χ2v) is 5.93. The second-order valence-electron chi connectivity index (χ2n) is 5.93. The first-order valence-corrected chi connectivity index (χ1v) is 7.59. The van der Waals surface area contributed by atoms with Crippen LogP contribution in [0.15, 0.2) is 0 Å². The molecule has 2 unspecified atom stereocenters. The van der Waals surface area contributed by atoms with Crippen LogP contribution in [0.1, 0.15) is 78.1 Å². The van der Waals surface area contributed by atoms with Crippen molar-refractivity contribution in [3.05, 3.63) is 0 Å². The van der Waals surface area contributed by atoms with Crippen LogP contribution in [0.5, 0.6) is 0 Å². The summed E-state index contributed by atoms with van der Waals surface area (Å²) >= 11 is 0. The zero-order valence-electron chi connectivity index (χ0n) is 12.3. The minimum absolute atomic E-state index is 0.0680. The Labute approximate surface area is 113 Å². The molecule has 110 valence electrons. The number of hydrogen-bond donors (Lipinski definition) is 3. The van der Waals surface area contributed by atoms with Gasteiger partial charge in [0.05, 0.1) is 12.7 Å². The number of rotatable bonds is 12. The molecule has 0 fully saturated rings. The molecule has 2 atom stereocenters. The Balaban J connectivity index is 3.33. The van der Waals surface area contributed by atoms with Gasteiger partial charge in [-0.2, -0.15) is 0 Å². The Morgan fingerprint density at radius 3 is 2.00 bits per heavy atom. The van der Waals surface area contributed by atoms with Crippen LogP contribution in [0.25, 0.3) is 0 Å². The van der Waals surface area contributed by atoms with E-state index in [1.54, 1.807) is 6.92 Å². The van der Waals surface area contributed by atoms with Crippen molar-refractivity contribution < 1.29 is 10.2 Å². The van der Waals surface area contributed by atoms with Gasteiger partial charge < -0.3 is 15.9 Å². The molecule has 0 spiro atoms. The molecule has 0 saturated carbocycles. The Morgan fingerprint density at radius 2 is 1.50 bits per heavy atom. The van der Waals surface area contributed by atoms with Gasteiger partial charge in [0.15, 0.2) is 0 Å². The molecule has 3 heteroatoms. The van der Waals surface area contributed by atoms with E-state index in [4.69, 9.17) is 10.8 Å². The molecule has 0 aliphatic heterocycles. The summed E-state index contributed by atoms with van der Waals surface area (Å²) in [7, 11) is 0. The van der Waals surface area contributed by atoms with Crippen molar-refractivity contribution in [3.8, 4) is 0 Å². The number of aliphatic hydroxyl groups excluding tert-OH is 2. The van der Waals surface area contributed by atoms with E-state index in [2.05, 4.69) is 6.92 Å². The van der Waals surface area contributed by atoms with E-state index in [1.165, 1.54) is 44.9 Å². The maximum Gasteiger partial charge on any atom is 0.0609 e. The summed E-state index contributed by atoms with van der Waals surface area (Å²) in [6.07, 6.45) is 11.2. The van der Waals surface area contributed by atoms with Gasteiger partial charge >= 0.3 is 0 Å². The summed E-state index contributed by atoms with van der Waals surface area (Å²) in [5.74, 6) is 0. The van der Waals surface area contributed by atoms with Crippen LogP contribution in [0.3, 0.4) is 0 Å². The Kier molecular flexibility index (Phi) is 10.7. The van der Waals surface area contributed by atoms with Crippen molar-refractivity contribution in [2.45, 2.75) is 89.7 Å². The first-order valence-electron chi connectivity index (χ1n) is 7.59. The SMILES string of the molecule is CCCCCCCCCCC(O)CC(C)(N)CO. The van der Waals surface area contributed by atoms with Gasteiger partial charge in [-0.05, 0) is 19.8 Å². The van der Waals surface area contributed by atoms with Crippen molar-refractivity contribution >= 4 is 0 Å². The largest absolute Gasteiger partial charge is 0.394 e. The van der Waals surface area contributed by atoms with Crippen molar-refractivity contribution in [1.82, 2.24) is 0 Å². The highest BCUT2D eigenvalue weighted by atomic mass is 16.3. The third-order valence-electron chi connectivity index (χ3n) is 3.45. The molecule has 0 aliphatic carbocycles. The van der Waals surface area contributed by atoms with E-state index < -0.39 is 5.54 Å². The molecule has 0 aromatic heterocycles. The van der Waals surface area contributed by atoms with Crippen LogP contribution in [0, 0.1) is 0 Å². The van der Waals surface area contributed by atoms with Crippen LogP contribution in [0.4, 0.5) is 0 Å². The van der Waals surface area contributed by atoms with Crippen LogP contribution < -0.4 is 5.73 Å². The van der Waals surface area contributed by atoms with Crippen LogP contribution >= 0.6 is 0 Å². The van der Waals surface area contributed by atoms with Gasteiger partial charge in [0, 0.05) is 5.54 Å². The normalized spacial score (nSPS) is 16.5. The molecule has 0 aromatic rings. The predicted molar refractivity (Wildman–Crippen MR) is 77.5 cm³/mol. The average Bonchev–Trinajstić information content (AvgIpc) is 2.32. The van der Waals surface area contributed by atoms with E-state index in [0.29, 0.717) is 6.42 Å². The molecule has 4 N–H and O–H groups in total. The lowest BCUT2D eigenvalue weighted by Gasteiger charge is -2.24. The molecule has 3 nitrogen and oxygen atoms in total. The zero-order chi connectivity index (χ0) is 13.9. The number of nitrogens with two attached hydrogens (primary N) is 1. The van der Waals surface area contributed by atoms with Gasteiger partial charge in [-0.15, -0.1) is 0 Å². The molecule has 0 aliphatic rings. The minimum Gasteiger partial charge on any atom is -0.394 e. The summed E-state index contributed by atoms with van der Waals surface area (Å²) in [4.78, 5) is 0. The third kappa shape index (κ3) is 11.0. The molecule has 0 heterocycles. The molecule has 0 aromatic carbocycles. The maximum atomic E-state index is 9.80. The fraction of sp³-hybridized carbons (Fsp3) is 1.00. The lowest BCUT2D eigenvalue weighted by Crippen LogP contribution is -2.43. The van der Waals surface area contributed by atoms with Gasteiger partial charge in [0.1, 0.15) is 0 Å². The standard InChI is InChI=1S/C15H33NO2/c1-3-4-5-6-7-8-9-10-11-14(18)12-15(2,16)13-17/h14,17-18H,3-13,16H2,1-2H3. The monoisotopic (exact) mass is 259 g/mol. The summed E-state index contributed by atoms with van der Waals surface area (Å²) in [5, 5.41) is 18.8. The smallest absolute Gasteiger partial charge is 0.0609 e. The molecule has 18 heavy (non-hydrogen) atoms. The predicted octanol–water partition coefficient (Wildman–Crippen LogP) is 2.98. The van der Waals surface area contributed by atoms with Crippen molar-refractivity contribution in [1.29, 1.82) is 0 Å². The summed E-state index contributed by atoms with van der Waals surface area (Å²) in [5.41, 5.74) is 5.17. The van der Waals surface area contributed by atoms with Gasteiger partial charge in [0.2, 0.25) is 0 Å². The van der Waals surface area contributed by atoms with Crippen LogP contribution in [0.2, 0.25) is 0 Å². The number of unbranched alkanes of at least 4 members (excludes halogenated alkanes) is 7. The van der Waals surface area contributed by atoms with Gasteiger partial charge in [-0.1, -0.05) is 58.3 Å². The van der Waals surface area contributed by atoms with Crippen LogP contribution in [-0.4, -0.2) is 28.5 Å². The molecular weight excluding hydrogens is 226 g/mol.